The molecule has 0 fully saturated rings. The smallest absolute Gasteiger partial charge is 0.341 e. The normalized spacial score (nSPS) is 13.2. The van der Waals surface area contributed by atoms with Gasteiger partial charge in [0, 0.05) is 21.2 Å². The monoisotopic (exact) mass is 354 g/mol. The summed E-state index contributed by atoms with van der Waals surface area (Å²) < 4.78 is 2.38. The van der Waals surface area contributed by atoms with E-state index in [0.717, 1.165) is 39.2 Å². The summed E-state index contributed by atoms with van der Waals surface area (Å²) in [4.78, 5) is 11.4. The third kappa shape index (κ3) is 1.76. The zero-order valence-corrected chi connectivity index (χ0v) is 11.6. The minimum atomic E-state index is -0.558. The van der Waals surface area contributed by atoms with Gasteiger partial charge in [0.2, 0.25) is 0 Å². The van der Waals surface area contributed by atoms with Crippen LogP contribution in [0.1, 0.15) is 5.56 Å². The highest BCUT2D eigenvalue weighted by Gasteiger charge is 2.24. The van der Waals surface area contributed by atoms with Gasteiger partial charge in [-0.05, 0) is 41.1 Å². The molecule has 6 heteroatoms. The van der Waals surface area contributed by atoms with Crippen LogP contribution in [0.3, 0.4) is 0 Å². The van der Waals surface area contributed by atoms with E-state index in [1.807, 2.05) is 24.3 Å². The Balaban J connectivity index is 2.19. The second-order valence-corrected chi connectivity index (χ2v) is 5.36. The molecule has 18 heavy (non-hydrogen) atoms. The maximum atomic E-state index is 11.4. The number of benzene rings is 1. The molecule has 0 bridgehead atoms. The number of nitrogens with one attached hydrogen (secondary N) is 1. The van der Waals surface area contributed by atoms with Crippen molar-refractivity contribution in [2.45, 2.75) is 6.42 Å². The number of hydrogen-bond acceptors (Lipinski definition) is 3. The van der Waals surface area contributed by atoms with Gasteiger partial charge in [-0.3, -0.25) is 0 Å². The molecule has 5 nitrogen and oxygen atoms in total. The number of anilines is 1. The number of hydrogen-bond donors (Lipinski definition) is 2. The molecular formula is C12H11IN4O. The van der Waals surface area contributed by atoms with Crippen molar-refractivity contribution in [3.05, 3.63) is 33.4 Å². The van der Waals surface area contributed by atoms with E-state index >= 15 is 0 Å². The van der Waals surface area contributed by atoms with Crippen molar-refractivity contribution in [3.8, 4) is 11.3 Å². The molecule has 92 valence electrons. The van der Waals surface area contributed by atoms with Gasteiger partial charge in [-0.15, -0.1) is 0 Å². The van der Waals surface area contributed by atoms with Crippen molar-refractivity contribution >= 4 is 34.4 Å². The number of aromatic nitrogens is 2. The topological polar surface area (TPSA) is 72.9 Å². The summed E-state index contributed by atoms with van der Waals surface area (Å²) in [5.74, 6) is 0.733. The summed E-state index contributed by atoms with van der Waals surface area (Å²) in [6, 6.07) is 7.49. The average molecular weight is 354 g/mol. The molecule has 0 spiro atoms. The second-order valence-electron chi connectivity index (χ2n) is 4.11. The highest BCUT2D eigenvalue weighted by molar-refractivity contribution is 14.1. The Labute approximate surface area is 117 Å². The van der Waals surface area contributed by atoms with Crippen LogP contribution in [0, 0.1) is 3.57 Å². The van der Waals surface area contributed by atoms with Gasteiger partial charge in [-0.25, -0.2) is 4.79 Å². The van der Waals surface area contributed by atoms with E-state index in [2.05, 4.69) is 33.0 Å². The van der Waals surface area contributed by atoms with E-state index in [-0.39, 0.29) is 0 Å². The Morgan fingerprint density at radius 1 is 1.50 bits per heavy atom. The lowest BCUT2D eigenvalue weighted by molar-refractivity contribution is 0.248. The molecule has 2 heterocycles. The molecule has 3 N–H and O–H groups in total. The van der Waals surface area contributed by atoms with Crippen LogP contribution in [-0.2, 0) is 6.42 Å². The Morgan fingerprint density at radius 2 is 2.33 bits per heavy atom. The van der Waals surface area contributed by atoms with Gasteiger partial charge in [-0.1, -0.05) is 12.1 Å². The fraction of sp³-hybridized carbons (Fsp3) is 0.167. The fourth-order valence-corrected chi connectivity index (χ4v) is 2.74. The molecule has 1 aromatic carbocycles. The van der Waals surface area contributed by atoms with Crippen molar-refractivity contribution in [2.24, 2.45) is 5.73 Å². The number of carbonyl (C=O) groups excluding carboxylic acids is 1. The van der Waals surface area contributed by atoms with Gasteiger partial charge in [0.05, 0.1) is 5.69 Å². The van der Waals surface area contributed by atoms with E-state index in [9.17, 15) is 4.79 Å². The number of fused-ring (bicyclic) bond motifs is 1. The zero-order valence-electron chi connectivity index (χ0n) is 9.48. The first kappa shape index (κ1) is 11.5. The van der Waals surface area contributed by atoms with Crippen LogP contribution < -0.4 is 11.1 Å². The number of halogens is 1. The molecule has 0 radical (unpaired) electrons. The van der Waals surface area contributed by atoms with Crippen molar-refractivity contribution in [1.29, 1.82) is 0 Å². The van der Waals surface area contributed by atoms with Crippen LogP contribution in [-0.4, -0.2) is 22.4 Å². The quantitative estimate of drug-likeness (QED) is 0.770. The van der Waals surface area contributed by atoms with Gasteiger partial charge in [0.1, 0.15) is 5.82 Å². The summed E-state index contributed by atoms with van der Waals surface area (Å²) in [7, 11) is 0. The van der Waals surface area contributed by atoms with Crippen molar-refractivity contribution in [3.63, 3.8) is 0 Å². The predicted octanol–water partition coefficient (Wildman–Crippen LogP) is 2.05. The fourth-order valence-electron chi connectivity index (χ4n) is 2.20. The summed E-state index contributed by atoms with van der Waals surface area (Å²) in [5, 5.41) is 7.47. The molecule has 0 saturated carbocycles. The molecule has 3 rings (SSSR count). The van der Waals surface area contributed by atoms with Gasteiger partial charge < -0.3 is 11.1 Å². The van der Waals surface area contributed by atoms with Crippen LogP contribution in [0.25, 0.3) is 11.3 Å². The van der Waals surface area contributed by atoms with Gasteiger partial charge in [-0.2, -0.15) is 9.78 Å². The molecule has 0 unspecified atom stereocenters. The molecule has 1 aliphatic heterocycles. The van der Waals surface area contributed by atoms with Crippen LogP contribution in [0.2, 0.25) is 0 Å². The van der Waals surface area contributed by atoms with E-state index in [0.29, 0.717) is 0 Å². The zero-order chi connectivity index (χ0) is 12.7. The van der Waals surface area contributed by atoms with E-state index in [1.165, 1.54) is 4.68 Å². The van der Waals surface area contributed by atoms with E-state index in [4.69, 9.17) is 5.73 Å². The number of rotatable bonds is 1. The van der Waals surface area contributed by atoms with Gasteiger partial charge in [0.25, 0.3) is 0 Å². The number of carbonyl (C=O) groups is 1. The summed E-state index contributed by atoms with van der Waals surface area (Å²) in [6.07, 6.45) is 0.865. The van der Waals surface area contributed by atoms with Crippen LogP contribution in [0.5, 0.6) is 0 Å². The molecule has 1 aliphatic rings. The van der Waals surface area contributed by atoms with Crippen LogP contribution in [0.15, 0.2) is 24.3 Å². The maximum absolute atomic E-state index is 11.4. The van der Waals surface area contributed by atoms with Crippen molar-refractivity contribution < 1.29 is 4.79 Å². The Morgan fingerprint density at radius 3 is 3.06 bits per heavy atom. The second kappa shape index (κ2) is 4.27. The highest BCUT2D eigenvalue weighted by atomic mass is 127. The lowest BCUT2D eigenvalue weighted by atomic mass is 10.1. The highest BCUT2D eigenvalue weighted by Crippen LogP contribution is 2.32. The minimum Gasteiger partial charge on any atom is -0.369 e. The SMILES string of the molecule is NC(=O)n1nc(-c2cccc(I)c2)c2c1NCC2. The summed E-state index contributed by atoms with van der Waals surface area (Å²) in [5.41, 5.74) is 8.25. The Hall–Kier alpha value is -1.57. The average Bonchev–Trinajstić information content (AvgIpc) is 2.88. The molecule has 0 saturated heterocycles. The lowest BCUT2D eigenvalue weighted by Crippen LogP contribution is -2.22. The first-order chi connectivity index (χ1) is 8.66. The summed E-state index contributed by atoms with van der Waals surface area (Å²) in [6.45, 7) is 0.817. The van der Waals surface area contributed by atoms with E-state index in [1.54, 1.807) is 0 Å². The van der Waals surface area contributed by atoms with Crippen LogP contribution >= 0.6 is 22.6 Å². The first-order valence-electron chi connectivity index (χ1n) is 5.58. The first-order valence-corrected chi connectivity index (χ1v) is 6.66. The number of nitrogens with two attached hydrogens (primary N) is 1. The molecule has 1 amide bonds. The third-order valence-corrected chi connectivity index (χ3v) is 3.63. The number of primary amides is 1. The van der Waals surface area contributed by atoms with Crippen LogP contribution in [0.4, 0.5) is 10.6 Å². The van der Waals surface area contributed by atoms with Gasteiger partial charge >= 0.3 is 6.03 Å². The largest absolute Gasteiger partial charge is 0.369 e. The Kier molecular flexibility index (Phi) is 2.73. The molecule has 0 atom stereocenters. The minimum absolute atomic E-state index is 0.558. The van der Waals surface area contributed by atoms with Gasteiger partial charge in [0.15, 0.2) is 0 Å². The van der Waals surface area contributed by atoms with Crippen molar-refractivity contribution in [2.75, 3.05) is 11.9 Å². The third-order valence-electron chi connectivity index (χ3n) is 2.96. The lowest BCUT2D eigenvalue weighted by Gasteiger charge is -2.00. The molecule has 2 aromatic rings. The standard InChI is InChI=1S/C12H11IN4O/c13-8-3-1-2-7(6-8)10-9-4-5-15-11(9)17(16-10)12(14)18/h1-3,6,15H,4-5H2,(H2,14,18). The molecule has 0 aliphatic carbocycles. The maximum Gasteiger partial charge on any atom is 0.341 e. The Bertz CT molecular complexity index is 635. The number of nitrogens with zero attached hydrogens (tertiary/aromatic N) is 2. The predicted molar refractivity (Wildman–Crippen MR) is 77.6 cm³/mol. The van der Waals surface area contributed by atoms with E-state index < -0.39 is 6.03 Å². The number of amides is 1. The summed E-state index contributed by atoms with van der Waals surface area (Å²) >= 11 is 2.26. The molecular weight excluding hydrogens is 343 g/mol. The molecule has 1 aromatic heterocycles. The van der Waals surface area contributed by atoms with Crippen molar-refractivity contribution in [1.82, 2.24) is 9.78 Å².